The normalized spacial score (nSPS) is 9.57. The first kappa shape index (κ1) is 10.3. The lowest BCUT2D eigenvalue weighted by atomic mass is 10.2. The molecule has 0 aliphatic rings. The summed E-state index contributed by atoms with van der Waals surface area (Å²) in [5, 5.41) is 16.0. The monoisotopic (exact) mass is 194 g/mol. The Morgan fingerprint density at radius 2 is 2.43 bits per heavy atom. The first-order chi connectivity index (χ1) is 6.69. The van der Waals surface area contributed by atoms with Crippen molar-refractivity contribution in [2.45, 2.75) is 0 Å². The summed E-state index contributed by atoms with van der Waals surface area (Å²) in [7, 11) is 1.28. The van der Waals surface area contributed by atoms with Gasteiger partial charge in [-0.15, -0.1) is 0 Å². The molecule has 0 aliphatic heterocycles. The minimum atomic E-state index is -0.487. The summed E-state index contributed by atoms with van der Waals surface area (Å²) in [6.45, 7) is -0.405. The zero-order chi connectivity index (χ0) is 10.6. The molecule has 1 aromatic rings. The average molecular weight is 194 g/mol. The molecule has 0 radical (unpaired) electrons. The van der Waals surface area contributed by atoms with Crippen LogP contribution in [-0.2, 0) is 4.74 Å². The van der Waals surface area contributed by atoms with E-state index in [4.69, 9.17) is 10.5 Å². The molecule has 0 aromatic carbocycles. The van der Waals surface area contributed by atoms with E-state index in [1.165, 1.54) is 25.4 Å². The van der Waals surface area contributed by atoms with Gasteiger partial charge in [0.15, 0.2) is 0 Å². The van der Waals surface area contributed by atoms with Crippen LogP contribution in [0.25, 0.3) is 0 Å². The van der Waals surface area contributed by atoms with E-state index < -0.39 is 12.6 Å². The summed E-state index contributed by atoms with van der Waals surface area (Å²) in [4.78, 5) is 14.9. The van der Waals surface area contributed by atoms with Crippen molar-refractivity contribution in [3.05, 3.63) is 29.6 Å². The molecule has 0 atom stereocenters. The van der Waals surface area contributed by atoms with E-state index >= 15 is 0 Å². The molecule has 5 heteroatoms. The number of methoxy groups -OCH3 is 1. The van der Waals surface area contributed by atoms with Crippen LogP contribution < -0.4 is 0 Å². The van der Waals surface area contributed by atoms with Crippen LogP contribution in [0.2, 0.25) is 0 Å². The Labute approximate surface area is 80.9 Å². The van der Waals surface area contributed by atoms with E-state index in [-0.39, 0.29) is 11.4 Å². The molecule has 1 heterocycles. The second kappa shape index (κ2) is 4.48. The fourth-order valence-electron chi connectivity index (χ4n) is 0.921. The van der Waals surface area contributed by atoms with Crippen molar-refractivity contribution >= 4 is 11.7 Å². The number of carbonyl (C=O) groups excluding carboxylic acids is 1. The number of nitrogens with zero attached hydrogens (tertiary/aromatic N) is 1. The van der Waals surface area contributed by atoms with E-state index in [2.05, 4.69) is 9.72 Å². The van der Waals surface area contributed by atoms with Crippen LogP contribution in [0.15, 0.2) is 18.3 Å². The molecule has 0 unspecified atom stereocenters. The van der Waals surface area contributed by atoms with Gasteiger partial charge in [-0.25, -0.2) is 4.79 Å². The van der Waals surface area contributed by atoms with E-state index in [1.54, 1.807) is 0 Å². The Hall–Kier alpha value is -1.75. The Morgan fingerprint density at radius 3 is 3.00 bits per heavy atom. The van der Waals surface area contributed by atoms with Crippen LogP contribution >= 0.6 is 0 Å². The summed E-state index contributed by atoms with van der Waals surface area (Å²) < 4.78 is 4.50. The molecule has 2 N–H and O–H groups in total. The van der Waals surface area contributed by atoms with Gasteiger partial charge in [0.05, 0.1) is 30.7 Å². The number of ether oxygens (including phenoxy) is 1. The molecule has 74 valence electrons. The van der Waals surface area contributed by atoms with Gasteiger partial charge >= 0.3 is 5.97 Å². The van der Waals surface area contributed by atoms with Crippen LogP contribution in [0.3, 0.4) is 0 Å². The first-order valence-corrected chi connectivity index (χ1v) is 3.92. The van der Waals surface area contributed by atoms with Crippen LogP contribution in [0.5, 0.6) is 0 Å². The lowest BCUT2D eigenvalue weighted by molar-refractivity contribution is 0.0600. The van der Waals surface area contributed by atoms with Crippen LogP contribution in [-0.4, -0.2) is 35.5 Å². The highest BCUT2D eigenvalue weighted by atomic mass is 16.5. The van der Waals surface area contributed by atoms with Gasteiger partial charge in [-0.2, -0.15) is 0 Å². The quantitative estimate of drug-likeness (QED) is 0.533. The second-order valence-electron chi connectivity index (χ2n) is 2.56. The van der Waals surface area contributed by atoms with Gasteiger partial charge in [-0.1, -0.05) is 0 Å². The van der Waals surface area contributed by atoms with Crippen molar-refractivity contribution in [3.63, 3.8) is 0 Å². The predicted octanol–water partition coefficient (Wildman–Crippen LogP) is 0.228. The molecular weight excluding hydrogens is 184 g/mol. The molecular formula is C9H10N2O3. The molecule has 1 rings (SSSR count). The Bertz CT molecular complexity index is 332. The van der Waals surface area contributed by atoms with Crippen molar-refractivity contribution in [1.82, 2.24) is 4.98 Å². The highest BCUT2D eigenvalue weighted by Gasteiger charge is 2.08. The zero-order valence-corrected chi connectivity index (χ0v) is 7.65. The average Bonchev–Trinajstić information content (AvgIpc) is 2.27. The van der Waals surface area contributed by atoms with Crippen LogP contribution in [0.1, 0.15) is 16.1 Å². The number of aliphatic hydroxyl groups is 1. The molecule has 0 bridgehead atoms. The van der Waals surface area contributed by atoms with Crippen molar-refractivity contribution in [2.75, 3.05) is 13.7 Å². The maximum absolute atomic E-state index is 11.1. The van der Waals surface area contributed by atoms with Crippen molar-refractivity contribution in [1.29, 1.82) is 5.41 Å². The summed E-state index contributed by atoms with van der Waals surface area (Å²) in [5.41, 5.74) is 0.557. The maximum Gasteiger partial charge on any atom is 0.337 e. The minimum absolute atomic E-state index is 0.0317. The first-order valence-electron chi connectivity index (χ1n) is 3.92. The molecule has 0 aliphatic carbocycles. The number of pyridine rings is 1. The number of rotatable bonds is 3. The third-order valence-electron chi connectivity index (χ3n) is 1.65. The van der Waals surface area contributed by atoms with Gasteiger partial charge in [-0.3, -0.25) is 4.98 Å². The van der Waals surface area contributed by atoms with Gasteiger partial charge in [0.2, 0.25) is 0 Å². The Morgan fingerprint density at radius 1 is 1.71 bits per heavy atom. The molecule has 0 fully saturated rings. The second-order valence-corrected chi connectivity index (χ2v) is 2.56. The molecule has 0 saturated heterocycles. The predicted molar refractivity (Wildman–Crippen MR) is 49.5 cm³/mol. The lowest BCUT2D eigenvalue weighted by Gasteiger charge is -2.02. The van der Waals surface area contributed by atoms with Gasteiger partial charge < -0.3 is 15.3 Å². The number of nitrogens with one attached hydrogen (secondary N) is 1. The third-order valence-corrected chi connectivity index (χ3v) is 1.65. The highest BCUT2D eigenvalue weighted by molar-refractivity contribution is 5.99. The fraction of sp³-hybridized carbons (Fsp3) is 0.222. The summed E-state index contributed by atoms with van der Waals surface area (Å²) in [6.07, 6.45) is 1.39. The van der Waals surface area contributed by atoms with Crippen molar-refractivity contribution < 1.29 is 14.6 Å². The number of hydrogen-bond acceptors (Lipinski definition) is 5. The minimum Gasteiger partial charge on any atom is -0.465 e. The van der Waals surface area contributed by atoms with E-state index in [9.17, 15) is 4.79 Å². The summed E-state index contributed by atoms with van der Waals surface area (Å²) >= 11 is 0. The molecule has 0 spiro atoms. The maximum atomic E-state index is 11.1. The number of esters is 1. The standard InChI is InChI=1S/C9H10N2O3/c1-14-9(13)6-2-3-11-8(4-6)7(10)5-12/h2-4,10,12H,5H2,1H3. The van der Waals surface area contributed by atoms with Gasteiger partial charge in [0.25, 0.3) is 0 Å². The smallest absolute Gasteiger partial charge is 0.337 e. The van der Waals surface area contributed by atoms with E-state index in [1.807, 2.05) is 0 Å². The zero-order valence-electron chi connectivity index (χ0n) is 7.65. The van der Waals surface area contributed by atoms with Gasteiger partial charge in [-0.05, 0) is 12.1 Å². The number of aromatic nitrogens is 1. The molecule has 14 heavy (non-hydrogen) atoms. The molecule has 0 saturated carbocycles. The summed E-state index contributed by atoms with van der Waals surface area (Å²) in [6, 6.07) is 2.89. The van der Waals surface area contributed by atoms with E-state index in [0.717, 1.165) is 0 Å². The van der Waals surface area contributed by atoms with Crippen LogP contribution in [0.4, 0.5) is 0 Å². The van der Waals surface area contributed by atoms with Crippen molar-refractivity contribution in [2.24, 2.45) is 0 Å². The molecule has 1 aromatic heterocycles. The number of hydrogen-bond donors (Lipinski definition) is 2. The lowest BCUT2D eigenvalue weighted by Crippen LogP contribution is -2.09. The van der Waals surface area contributed by atoms with Gasteiger partial charge in [0.1, 0.15) is 0 Å². The fourth-order valence-corrected chi connectivity index (χ4v) is 0.921. The Balaban J connectivity index is 3.01. The number of carbonyl (C=O) groups is 1. The topological polar surface area (TPSA) is 83.3 Å². The highest BCUT2D eigenvalue weighted by Crippen LogP contribution is 2.03. The molecule has 5 nitrogen and oxygen atoms in total. The largest absolute Gasteiger partial charge is 0.465 e. The third kappa shape index (κ3) is 2.14. The number of aliphatic hydroxyl groups excluding tert-OH is 1. The summed E-state index contributed by atoms with van der Waals surface area (Å²) in [5.74, 6) is -0.487. The van der Waals surface area contributed by atoms with Crippen LogP contribution in [0, 0.1) is 5.41 Å². The molecule has 0 amide bonds. The SMILES string of the molecule is COC(=O)c1ccnc(C(=N)CO)c1. The van der Waals surface area contributed by atoms with Crippen molar-refractivity contribution in [3.8, 4) is 0 Å². The van der Waals surface area contributed by atoms with Gasteiger partial charge in [0, 0.05) is 6.20 Å². The Kier molecular flexibility index (Phi) is 3.30. The van der Waals surface area contributed by atoms with E-state index in [0.29, 0.717) is 5.56 Å².